The number of rotatable bonds is 5. The van der Waals surface area contributed by atoms with Gasteiger partial charge >= 0.3 is 5.97 Å². The van der Waals surface area contributed by atoms with Gasteiger partial charge in [-0.2, -0.15) is 0 Å². The average molecular weight is 259 g/mol. The van der Waals surface area contributed by atoms with Crippen molar-refractivity contribution >= 4 is 5.97 Å². The topological polar surface area (TPSA) is 49.3 Å². The maximum absolute atomic E-state index is 13.6. The van der Waals surface area contributed by atoms with E-state index in [1.165, 1.54) is 18.2 Å². The van der Waals surface area contributed by atoms with Crippen molar-refractivity contribution in [2.75, 3.05) is 0 Å². The lowest BCUT2D eigenvalue weighted by Gasteiger charge is -2.15. The number of carboxylic acids is 1. The number of halogens is 1. The zero-order chi connectivity index (χ0) is 13.7. The molecule has 1 unspecified atom stereocenters. The quantitative estimate of drug-likeness (QED) is 0.868. The molecule has 0 fully saturated rings. The van der Waals surface area contributed by atoms with E-state index in [-0.39, 0.29) is 5.56 Å². The third kappa shape index (κ3) is 3.39. The SMILES string of the molecule is O=C(O)C(NCc1ccccc1)c1ccccc1F. The Morgan fingerprint density at radius 1 is 1.11 bits per heavy atom. The first-order valence-electron chi connectivity index (χ1n) is 5.93. The van der Waals surface area contributed by atoms with E-state index in [4.69, 9.17) is 0 Å². The van der Waals surface area contributed by atoms with Gasteiger partial charge in [-0.15, -0.1) is 0 Å². The van der Waals surface area contributed by atoms with Crippen LogP contribution in [0.5, 0.6) is 0 Å². The number of aliphatic carboxylic acids is 1. The maximum atomic E-state index is 13.6. The summed E-state index contributed by atoms with van der Waals surface area (Å²) in [6.07, 6.45) is 0. The Bertz CT molecular complexity index is 557. The number of hydrogen-bond donors (Lipinski definition) is 2. The number of carbonyl (C=O) groups is 1. The van der Waals surface area contributed by atoms with Crippen LogP contribution in [-0.4, -0.2) is 11.1 Å². The highest BCUT2D eigenvalue weighted by molar-refractivity contribution is 5.75. The lowest BCUT2D eigenvalue weighted by atomic mass is 10.1. The first-order valence-corrected chi connectivity index (χ1v) is 5.93. The molecule has 0 aliphatic heterocycles. The first kappa shape index (κ1) is 13.2. The summed E-state index contributed by atoms with van der Waals surface area (Å²) in [5.41, 5.74) is 1.09. The molecule has 0 aromatic heterocycles. The van der Waals surface area contributed by atoms with Crippen LogP contribution in [0.1, 0.15) is 17.2 Å². The van der Waals surface area contributed by atoms with E-state index in [9.17, 15) is 14.3 Å². The molecule has 2 aromatic carbocycles. The molecule has 2 rings (SSSR count). The molecular formula is C15H14FNO2. The van der Waals surface area contributed by atoms with Gasteiger partial charge in [0.05, 0.1) is 0 Å². The number of nitrogens with one attached hydrogen (secondary N) is 1. The second-order valence-corrected chi connectivity index (χ2v) is 4.16. The van der Waals surface area contributed by atoms with Gasteiger partial charge < -0.3 is 5.11 Å². The van der Waals surface area contributed by atoms with Crippen LogP contribution in [0.2, 0.25) is 0 Å². The minimum absolute atomic E-state index is 0.144. The van der Waals surface area contributed by atoms with Crippen molar-refractivity contribution in [2.45, 2.75) is 12.6 Å². The van der Waals surface area contributed by atoms with E-state index in [1.807, 2.05) is 30.3 Å². The normalized spacial score (nSPS) is 12.1. The van der Waals surface area contributed by atoms with Crippen LogP contribution < -0.4 is 5.32 Å². The molecule has 2 aromatic rings. The second-order valence-electron chi connectivity index (χ2n) is 4.16. The summed E-state index contributed by atoms with van der Waals surface area (Å²) < 4.78 is 13.6. The second kappa shape index (κ2) is 6.11. The van der Waals surface area contributed by atoms with Crippen molar-refractivity contribution in [1.29, 1.82) is 0 Å². The summed E-state index contributed by atoms with van der Waals surface area (Å²) in [6.45, 7) is 0.367. The van der Waals surface area contributed by atoms with Gasteiger partial charge in [-0.1, -0.05) is 48.5 Å². The zero-order valence-electron chi connectivity index (χ0n) is 10.2. The molecule has 19 heavy (non-hydrogen) atoms. The summed E-state index contributed by atoms with van der Waals surface area (Å²) in [6, 6.07) is 14.2. The molecule has 0 heterocycles. The van der Waals surface area contributed by atoms with Crippen LogP contribution in [0.25, 0.3) is 0 Å². The summed E-state index contributed by atoms with van der Waals surface area (Å²) in [5.74, 6) is -1.61. The number of carboxylic acid groups (broad SMARTS) is 1. The summed E-state index contributed by atoms with van der Waals surface area (Å²) in [4.78, 5) is 11.2. The Morgan fingerprint density at radius 3 is 2.37 bits per heavy atom. The molecule has 1 atom stereocenters. The fraction of sp³-hybridized carbons (Fsp3) is 0.133. The largest absolute Gasteiger partial charge is 0.480 e. The fourth-order valence-electron chi connectivity index (χ4n) is 1.86. The fourth-order valence-corrected chi connectivity index (χ4v) is 1.86. The third-order valence-electron chi connectivity index (χ3n) is 2.82. The molecule has 0 bridgehead atoms. The van der Waals surface area contributed by atoms with Crippen molar-refractivity contribution < 1.29 is 14.3 Å². The van der Waals surface area contributed by atoms with Crippen LogP contribution in [-0.2, 0) is 11.3 Å². The van der Waals surface area contributed by atoms with Gasteiger partial charge in [0.25, 0.3) is 0 Å². The van der Waals surface area contributed by atoms with Gasteiger partial charge in [0.1, 0.15) is 11.9 Å². The smallest absolute Gasteiger partial charge is 0.325 e. The van der Waals surface area contributed by atoms with Crippen LogP contribution in [0.15, 0.2) is 54.6 Å². The van der Waals surface area contributed by atoms with Crippen LogP contribution in [0, 0.1) is 5.82 Å². The minimum Gasteiger partial charge on any atom is -0.480 e. The van der Waals surface area contributed by atoms with E-state index in [1.54, 1.807) is 6.07 Å². The molecule has 4 heteroatoms. The van der Waals surface area contributed by atoms with E-state index in [0.29, 0.717) is 6.54 Å². The van der Waals surface area contributed by atoms with E-state index >= 15 is 0 Å². The van der Waals surface area contributed by atoms with Gasteiger partial charge in [-0.3, -0.25) is 10.1 Å². The molecule has 0 saturated carbocycles. The van der Waals surface area contributed by atoms with E-state index in [2.05, 4.69) is 5.32 Å². The van der Waals surface area contributed by atoms with Gasteiger partial charge in [0, 0.05) is 12.1 Å². The molecule has 0 amide bonds. The highest BCUT2D eigenvalue weighted by Gasteiger charge is 2.21. The summed E-state index contributed by atoms with van der Waals surface area (Å²) in [5, 5.41) is 12.1. The summed E-state index contributed by atoms with van der Waals surface area (Å²) in [7, 11) is 0. The van der Waals surface area contributed by atoms with Gasteiger partial charge in [-0.25, -0.2) is 4.39 Å². The zero-order valence-corrected chi connectivity index (χ0v) is 10.2. The highest BCUT2D eigenvalue weighted by atomic mass is 19.1. The van der Waals surface area contributed by atoms with Crippen molar-refractivity contribution in [3.63, 3.8) is 0 Å². The van der Waals surface area contributed by atoms with Gasteiger partial charge in [0.15, 0.2) is 0 Å². The highest BCUT2D eigenvalue weighted by Crippen LogP contribution is 2.17. The molecule has 98 valence electrons. The summed E-state index contributed by atoms with van der Waals surface area (Å²) >= 11 is 0. The van der Waals surface area contributed by atoms with Crippen LogP contribution in [0.3, 0.4) is 0 Å². The Balaban J connectivity index is 2.14. The minimum atomic E-state index is -1.10. The molecule has 2 N–H and O–H groups in total. The van der Waals surface area contributed by atoms with Crippen LogP contribution in [0.4, 0.5) is 4.39 Å². The lowest BCUT2D eigenvalue weighted by molar-refractivity contribution is -0.139. The van der Waals surface area contributed by atoms with Gasteiger partial charge in [0.2, 0.25) is 0 Å². The molecule has 0 aliphatic rings. The molecule has 3 nitrogen and oxygen atoms in total. The van der Waals surface area contributed by atoms with Gasteiger partial charge in [-0.05, 0) is 11.6 Å². The van der Waals surface area contributed by atoms with Crippen molar-refractivity contribution in [3.8, 4) is 0 Å². The average Bonchev–Trinajstić information content (AvgIpc) is 2.42. The third-order valence-corrected chi connectivity index (χ3v) is 2.82. The van der Waals surface area contributed by atoms with Crippen molar-refractivity contribution in [2.24, 2.45) is 0 Å². The van der Waals surface area contributed by atoms with E-state index < -0.39 is 17.8 Å². The lowest BCUT2D eigenvalue weighted by Crippen LogP contribution is -2.28. The number of hydrogen-bond acceptors (Lipinski definition) is 2. The monoisotopic (exact) mass is 259 g/mol. The first-order chi connectivity index (χ1) is 9.18. The number of benzene rings is 2. The maximum Gasteiger partial charge on any atom is 0.325 e. The predicted octanol–water partition coefficient (Wildman–Crippen LogP) is 2.74. The Morgan fingerprint density at radius 2 is 1.74 bits per heavy atom. The molecular weight excluding hydrogens is 245 g/mol. The Hall–Kier alpha value is -2.20. The van der Waals surface area contributed by atoms with Crippen molar-refractivity contribution in [1.82, 2.24) is 5.32 Å². The van der Waals surface area contributed by atoms with Crippen LogP contribution >= 0.6 is 0 Å². The Labute approximate surface area is 110 Å². The molecule has 0 spiro atoms. The standard InChI is InChI=1S/C15H14FNO2/c16-13-9-5-4-8-12(13)14(15(18)19)17-10-11-6-2-1-3-7-11/h1-9,14,17H,10H2,(H,18,19). The molecule has 0 radical (unpaired) electrons. The van der Waals surface area contributed by atoms with E-state index in [0.717, 1.165) is 5.56 Å². The predicted molar refractivity (Wildman–Crippen MR) is 70.1 cm³/mol. The van der Waals surface area contributed by atoms with Crippen molar-refractivity contribution in [3.05, 3.63) is 71.5 Å². The molecule has 0 saturated heterocycles. The Kier molecular flexibility index (Phi) is 4.26. The molecule has 0 aliphatic carbocycles.